The van der Waals surface area contributed by atoms with E-state index in [2.05, 4.69) is 11.4 Å². The van der Waals surface area contributed by atoms with E-state index in [4.69, 9.17) is 0 Å². The van der Waals surface area contributed by atoms with Crippen LogP contribution >= 0.6 is 0 Å². The number of allylic oxidation sites excluding steroid dienone is 1. The molecule has 0 fully saturated rings. The first-order chi connectivity index (χ1) is 4.31. The average Bonchev–Trinajstić information content (AvgIpc) is 1.89. The third-order valence-electron chi connectivity index (χ3n) is 0.843. The van der Waals surface area contributed by atoms with Crippen LogP contribution in [0.4, 0.5) is 0 Å². The molecule has 0 spiro atoms. The van der Waals surface area contributed by atoms with Crippen LogP contribution in [-0.4, -0.2) is 5.91 Å². The van der Waals surface area contributed by atoms with Gasteiger partial charge in [-0.2, -0.15) is 4.79 Å². The van der Waals surface area contributed by atoms with E-state index < -0.39 is 0 Å². The molecule has 0 aliphatic rings. The van der Waals surface area contributed by atoms with E-state index in [0.717, 1.165) is 12.8 Å². The number of carbonyl (C=O) groups is 1. The summed E-state index contributed by atoms with van der Waals surface area (Å²) in [4.78, 5) is 13.2. The third-order valence-corrected chi connectivity index (χ3v) is 0.843. The number of hydrogen-bond acceptors (Lipinski definition) is 1. The molecule has 0 rings (SSSR count). The lowest BCUT2D eigenvalue weighted by atomic mass is 10.3. The molecule has 0 unspecified atom stereocenters. The van der Waals surface area contributed by atoms with Gasteiger partial charge in [0.05, 0.1) is 6.08 Å². The molecule has 0 N–H and O–H groups in total. The summed E-state index contributed by atoms with van der Waals surface area (Å²) in [7, 11) is 0. The summed E-state index contributed by atoms with van der Waals surface area (Å²) >= 11 is 0. The molecule has 0 aliphatic heterocycles. The first-order valence-corrected chi connectivity index (χ1v) is 2.92. The smallest absolute Gasteiger partial charge is 0.196 e. The second-order valence-electron chi connectivity index (χ2n) is 1.66. The van der Waals surface area contributed by atoms with Crippen molar-refractivity contribution in [2.45, 2.75) is 19.8 Å². The molecule has 0 bridgehead atoms. The first kappa shape index (κ1) is 7.90. The molecule has 0 aromatic carbocycles. The fourth-order valence-electron chi connectivity index (χ4n) is 0.394. The van der Waals surface area contributed by atoms with E-state index in [9.17, 15) is 4.79 Å². The molecule has 2 nitrogen and oxygen atoms in total. The second-order valence-corrected chi connectivity index (χ2v) is 1.66. The lowest BCUT2D eigenvalue weighted by Crippen LogP contribution is -1.78. The van der Waals surface area contributed by atoms with Crippen LogP contribution in [0.3, 0.4) is 0 Å². The predicted octanol–water partition coefficient (Wildman–Crippen LogP) is 1.83. The average molecular weight is 124 g/mol. The molecule has 0 saturated carbocycles. The summed E-state index contributed by atoms with van der Waals surface area (Å²) in [5, 5.41) is 0. The van der Waals surface area contributed by atoms with Gasteiger partial charge in [0.25, 0.3) is 6.57 Å². The van der Waals surface area contributed by atoms with E-state index >= 15 is 0 Å². The van der Waals surface area contributed by atoms with Gasteiger partial charge in [-0.1, -0.05) is 19.4 Å². The second kappa shape index (κ2) is 5.04. The monoisotopic (exact) mass is 124 g/mol. The van der Waals surface area contributed by atoms with E-state index in [0.29, 0.717) is 0 Å². The zero-order chi connectivity index (χ0) is 7.11. The molecule has 2 heteroatoms. The Morgan fingerprint density at radius 3 is 2.89 bits per heavy atom. The normalized spacial score (nSPS) is 9.33. The van der Waals surface area contributed by atoms with Gasteiger partial charge >= 0.3 is 5.91 Å². The minimum atomic E-state index is -0.372. The summed E-state index contributed by atoms with van der Waals surface area (Å²) in [6.45, 7) is 6.71. The van der Waals surface area contributed by atoms with E-state index in [-0.39, 0.29) is 5.91 Å². The van der Waals surface area contributed by atoms with Gasteiger partial charge in [-0.05, 0) is 6.42 Å². The van der Waals surface area contributed by atoms with Crippen LogP contribution in [0.25, 0.3) is 4.85 Å². The maximum atomic E-state index is 10.3. The molecule has 0 saturated heterocycles. The number of hydrogen-bond donors (Lipinski definition) is 0. The first-order valence-electron chi connectivity index (χ1n) is 2.92. The van der Waals surface area contributed by atoms with Crippen LogP contribution in [0.5, 0.6) is 0 Å². The standard InChI is InChI=1S/C7H10NO/c1-3-4-5-6-7(9)8-2/h2,5-6H,3-4H2,1H3/q+1/b6-5+. The topological polar surface area (TPSA) is 21.4 Å². The Morgan fingerprint density at radius 2 is 2.44 bits per heavy atom. The van der Waals surface area contributed by atoms with Gasteiger partial charge in [-0.15, -0.1) is 0 Å². The molecule has 9 heavy (non-hydrogen) atoms. The fourth-order valence-corrected chi connectivity index (χ4v) is 0.394. The van der Waals surface area contributed by atoms with E-state index in [1.54, 1.807) is 6.08 Å². The number of rotatable bonds is 3. The van der Waals surface area contributed by atoms with Crippen molar-refractivity contribution in [3.63, 3.8) is 0 Å². The van der Waals surface area contributed by atoms with Crippen LogP contribution in [0.2, 0.25) is 0 Å². The van der Waals surface area contributed by atoms with Crippen molar-refractivity contribution in [1.29, 1.82) is 0 Å². The Labute approximate surface area is 55.0 Å². The minimum Gasteiger partial charge on any atom is -0.196 e. The SMILES string of the molecule is C#[N+]C(=O)/C=C/CCC. The predicted molar refractivity (Wildman–Crippen MR) is 37.4 cm³/mol. The molecule has 0 aliphatic carbocycles. The number of unbranched alkanes of at least 4 members (excludes halogenated alkanes) is 1. The molecule has 0 atom stereocenters. The van der Waals surface area contributed by atoms with Crippen molar-refractivity contribution >= 4 is 5.91 Å². The van der Waals surface area contributed by atoms with Gasteiger partial charge in [-0.3, -0.25) is 0 Å². The molecule has 0 radical (unpaired) electrons. The van der Waals surface area contributed by atoms with Gasteiger partial charge in [0.2, 0.25) is 0 Å². The Kier molecular flexibility index (Phi) is 4.43. The zero-order valence-corrected chi connectivity index (χ0v) is 5.50. The quantitative estimate of drug-likeness (QED) is 0.526. The molecular weight excluding hydrogens is 114 g/mol. The Hall–Kier alpha value is -1.10. The molecule has 0 heterocycles. The van der Waals surface area contributed by atoms with Crippen molar-refractivity contribution < 1.29 is 4.79 Å². The summed E-state index contributed by atoms with van der Waals surface area (Å²) in [5.74, 6) is -0.372. The summed E-state index contributed by atoms with van der Waals surface area (Å²) in [6, 6.07) is 0. The van der Waals surface area contributed by atoms with Crippen LogP contribution in [0.15, 0.2) is 12.2 Å². The highest BCUT2D eigenvalue weighted by Crippen LogP contribution is 1.88. The fraction of sp³-hybridized carbons (Fsp3) is 0.429. The van der Waals surface area contributed by atoms with Crippen molar-refractivity contribution in [2.75, 3.05) is 0 Å². The molecular formula is C7H10NO+. The van der Waals surface area contributed by atoms with Crippen molar-refractivity contribution in [3.8, 4) is 6.57 Å². The highest BCUT2D eigenvalue weighted by atomic mass is 16.1. The Morgan fingerprint density at radius 1 is 1.78 bits per heavy atom. The number of carbonyl (C=O) groups excluding carboxylic acids is 1. The Bertz CT molecular complexity index is 153. The maximum Gasteiger partial charge on any atom is 0.539 e. The van der Waals surface area contributed by atoms with Gasteiger partial charge < -0.3 is 0 Å². The Balaban J connectivity index is 3.48. The summed E-state index contributed by atoms with van der Waals surface area (Å²) in [5.41, 5.74) is 0. The largest absolute Gasteiger partial charge is 0.539 e. The molecule has 1 amide bonds. The van der Waals surface area contributed by atoms with Crippen molar-refractivity contribution in [1.82, 2.24) is 0 Å². The van der Waals surface area contributed by atoms with Crippen LogP contribution in [0.1, 0.15) is 19.8 Å². The van der Waals surface area contributed by atoms with Crippen LogP contribution < -0.4 is 0 Å². The highest BCUT2D eigenvalue weighted by molar-refractivity contribution is 5.96. The van der Waals surface area contributed by atoms with Crippen LogP contribution in [-0.2, 0) is 4.79 Å². The summed E-state index contributed by atoms with van der Waals surface area (Å²) in [6.07, 6.45) is 5.08. The van der Waals surface area contributed by atoms with Crippen LogP contribution in [0, 0.1) is 6.57 Å². The van der Waals surface area contributed by atoms with Gasteiger partial charge in [0.1, 0.15) is 0 Å². The minimum absolute atomic E-state index is 0.372. The highest BCUT2D eigenvalue weighted by Gasteiger charge is 1.99. The lowest BCUT2D eigenvalue weighted by Gasteiger charge is -1.75. The van der Waals surface area contributed by atoms with E-state index in [1.807, 2.05) is 6.92 Å². The van der Waals surface area contributed by atoms with Crippen molar-refractivity contribution in [2.24, 2.45) is 0 Å². The third kappa shape index (κ3) is 4.76. The van der Waals surface area contributed by atoms with Crippen molar-refractivity contribution in [3.05, 3.63) is 17.0 Å². The zero-order valence-electron chi connectivity index (χ0n) is 5.50. The van der Waals surface area contributed by atoms with Gasteiger partial charge in [-0.25, -0.2) is 0 Å². The van der Waals surface area contributed by atoms with Gasteiger partial charge in [0, 0.05) is 4.85 Å². The van der Waals surface area contributed by atoms with Gasteiger partial charge in [0.15, 0.2) is 0 Å². The molecule has 0 aromatic rings. The summed E-state index contributed by atoms with van der Waals surface area (Å²) < 4.78 is 0. The van der Waals surface area contributed by atoms with E-state index in [1.165, 1.54) is 6.08 Å². The maximum absolute atomic E-state index is 10.3. The molecule has 48 valence electrons. The lowest BCUT2D eigenvalue weighted by molar-refractivity contribution is -0.110. The number of amides is 1. The molecule has 0 aromatic heterocycles. The number of nitrogens with zero attached hydrogens (tertiary/aromatic N) is 1.